The fraction of sp³-hybridized carbons (Fsp3) is 0.778. The third-order valence-corrected chi connectivity index (χ3v) is 3.26. The maximum absolute atomic E-state index is 11.3. The molecule has 0 aromatic carbocycles. The first-order valence-electron chi connectivity index (χ1n) is 5.12. The highest BCUT2D eigenvalue weighted by molar-refractivity contribution is 7.84. The van der Waals surface area contributed by atoms with Gasteiger partial charge in [-0.05, 0) is 6.92 Å². The molecule has 0 aliphatic heterocycles. The predicted molar refractivity (Wildman–Crippen MR) is 63.6 cm³/mol. The number of nitrogens with one attached hydrogen (secondary N) is 3. The fourth-order valence-electron chi connectivity index (χ4n) is 0.909. The average molecular weight is 249 g/mol. The molecule has 16 heavy (non-hydrogen) atoms. The van der Waals surface area contributed by atoms with Crippen molar-refractivity contribution in [1.82, 2.24) is 16.0 Å². The molecule has 0 rings (SSSR count). The van der Waals surface area contributed by atoms with Gasteiger partial charge in [-0.3, -0.25) is 14.3 Å². The lowest BCUT2D eigenvalue weighted by Crippen LogP contribution is -2.48. The smallest absolute Gasteiger partial charge is 0.321 e. The van der Waals surface area contributed by atoms with E-state index < -0.39 is 28.8 Å². The molecule has 0 spiro atoms. The number of amides is 3. The number of urea groups is 1. The molecular formula is C9H19N3O3S. The third kappa shape index (κ3) is 6.52. The highest BCUT2D eigenvalue weighted by Gasteiger charge is 2.14. The van der Waals surface area contributed by atoms with Crippen LogP contribution in [0.15, 0.2) is 0 Å². The molecule has 0 saturated heterocycles. The van der Waals surface area contributed by atoms with Gasteiger partial charge in [0.15, 0.2) is 0 Å². The summed E-state index contributed by atoms with van der Waals surface area (Å²) in [4.78, 5) is 22.2. The molecule has 7 heteroatoms. The molecule has 94 valence electrons. The molecule has 0 aromatic heterocycles. The molecule has 2 atom stereocenters. The number of hydrogen-bond acceptors (Lipinski definition) is 4. The number of hydrogen-bond donors (Lipinski definition) is 3. The zero-order chi connectivity index (χ0) is 12.6. The second kappa shape index (κ2) is 8.23. The summed E-state index contributed by atoms with van der Waals surface area (Å²) in [6.45, 7) is 3.98. The second-order valence-electron chi connectivity index (χ2n) is 3.18. The molecule has 0 aliphatic rings. The first-order chi connectivity index (χ1) is 7.51. The van der Waals surface area contributed by atoms with E-state index in [4.69, 9.17) is 0 Å². The number of carbonyl (C=O) groups excluding carboxylic acids is 2. The van der Waals surface area contributed by atoms with Crippen LogP contribution in [0.3, 0.4) is 0 Å². The minimum Gasteiger partial charge on any atom is -0.341 e. The van der Waals surface area contributed by atoms with Gasteiger partial charge in [-0.15, -0.1) is 0 Å². The maximum atomic E-state index is 11.3. The highest BCUT2D eigenvalue weighted by atomic mass is 32.2. The van der Waals surface area contributed by atoms with Crippen LogP contribution in [-0.2, 0) is 15.6 Å². The molecule has 0 saturated carbocycles. The van der Waals surface area contributed by atoms with E-state index in [-0.39, 0.29) is 0 Å². The Bertz CT molecular complexity index is 271. The lowest BCUT2D eigenvalue weighted by molar-refractivity contribution is -0.121. The van der Waals surface area contributed by atoms with Crippen molar-refractivity contribution in [3.05, 3.63) is 0 Å². The van der Waals surface area contributed by atoms with Gasteiger partial charge in [0.1, 0.15) is 0 Å². The Labute approximate surface area is 98.0 Å². The van der Waals surface area contributed by atoms with Crippen LogP contribution in [0.25, 0.3) is 0 Å². The van der Waals surface area contributed by atoms with E-state index in [0.29, 0.717) is 18.1 Å². The van der Waals surface area contributed by atoms with Gasteiger partial charge in [-0.1, -0.05) is 6.92 Å². The van der Waals surface area contributed by atoms with Gasteiger partial charge in [-0.25, -0.2) is 4.79 Å². The van der Waals surface area contributed by atoms with E-state index >= 15 is 0 Å². The van der Waals surface area contributed by atoms with Crippen molar-refractivity contribution in [3.8, 4) is 0 Å². The molecule has 0 radical (unpaired) electrons. The zero-order valence-electron chi connectivity index (χ0n) is 9.83. The van der Waals surface area contributed by atoms with Crippen LogP contribution < -0.4 is 16.0 Å². The zero-order valence-corrected chi connectivity index (χ0v) is 10.6. The molecule has 0 aliphatic carbocycles. The third-order valence-electron chi connectivity index (χ3n) is 1.96. The molecule has 0 bridgehead atoms. The monoisotopic (exact) mass is 249 g/mol. The second-order valence-corrected chi connectivity index (χ2v) is 5.04. The Morgan fingerprint density at radius 3 is 2.50 bits per heavy atom. The van der Waals surface area contributed by atoms with Gasteiger partial charge in [0, 0.05) is 35.9 Å². The summed E-state index contributed by atoms with van der Waals surface area (Å²) in [6.07, 6.45) is 0. The van der Waals surface area contributed by atoms with Crippen molar-refractivity contribution in [2.75, 3.05) is 25.1 Å². The van der Waals surface area contributed by atoms with Gasteiger partial charge in [0.25, 0.3) is 0 Å². The molecule has 0 aromatic rings. The number of carbonyl (C=O) groups is 2. The molecule has 2 unspecified atom stereocenters. The van der Waals surface area contributed by atoms with Crippen LogP contribution in [0.1, 0.15) is 13.8 Å². The van der Waals surface area contributed by atoms with Crippen molar-refractivity contribution in [2.45, 2.75) is 19.9 Å². The van der Waals surface area contributed by atoms with Crippen LogP contribution >= 0.6 is 0 Å². The molecule has 0 fully saturated rings. The summed E-state index contributed by atoms with van der Waals surface area (Å²) < 4.78 is 11.1. The van der Waals surface area contributed by atoms with Crippen LogP contribution in [0, 0.1) is 0 Å². The first kappa shape index (κ1) is 15.0. The Morgan fingerprint density at radius 2 is 2.00 bits per heavy atom. The summed E-state index contributed by atoms with van der Waals surface area (Å²) in [5, 5.41) is 7.33. The van der Waals surface area contributed by atoms with Crippen molar-refractivity contribution in [1.29, 1.82) is 0 Å². The van der Waals surface area contributed by atoms with Crippen molar-refractivity contribution < 1.29 is 13.8 Å². The van der Waals surface area contributed by atoms with Gasteiger partial charge in [-0.2, -0.15) is 0 Å². The quantitative estimate of drug-likeness (QED) is 0.574. The number of rotatable bonds is 6. The van der Waals surface area contributed by atoms with Gasteiger partial charge >= 0.3 is 6.03 Å². The molecule has 3 amide bonds. The van der Waals surface area contributed by atoms with E-state index in [9.17, 15) is 13.8 Å². The Balaban J connectivity index is 3.79. The largest absolute Gasteiger partial charge is 0.341 e. The van der Waals surface area contributed by atoms with Crippen molar-refractivity contribution >= 4 is 22.7 Å². The minimum absolute atomic E-state index is 0.401. The van der Waals surface area contributed by atoms with Gasteiger partial charge < -0.3 is 10.6 Å². The summed E-state index contributed by atoms with van der Waals surface area (Å²) in [7, 11) is 0.593. The SMILES string of the molecule is CCS(=O)CCNC(C)C(=O)NC(=O)NC. The van der Waals surface area contributed by atoms with E-state index in [1.54, 1.807) is 6.92 Å². The summed E-state index contributed by atoms with van der Waals surface area (Å²) in [5.74, 6) is 0.718. The molecule has 6 nitrogen and oxygen atoms in total. The van der Waals surface area contributed by atoms with Crippen molar-refractivity contribution in [3.63, 3.8) is 0 Å². The molecular weight excluding hydrogens is 230 g/mol. The van der Waals surface area contributed by atoms with Crippen LogP contribution in [0.2, 0.25) is 0 Å². The first-order valence-corrected chi connectivity index (χ1v) is 6.61. The minimum atomic E-state index is -0.842. The summed E-state index contributed by atoms with van der Waals surface area (Å²) in [5.41, 5.74) is 0. The van der Waals surface area contributed by atoms with E-state index in [1.165, 1.54) is 7.05 Å². The number of imide groups is 1. The maximum Gasteiger partial charge on any atom is 0.321 e. The van der Waals surface area contributed by atoms with E-state index in [1.807, 2.05) is 6.92 Å². The normalized spacial score (nSPS) is 13.9. The lowest BCUT2D eigenvalue weighted by Gasteiger charge is -2.12. The standard InChI is InChI=1S/C9H19N3O3S/c1-4-16(15)6-5-11-7(2)8(13)12-9(14)10-3/h7,11H,4-6H2,1-3H3,(H2,10,12,13,14). The Kier molecular flexibility index (Phi) is 7.74. The topological polar surface area (TPSA) is 87.3 Å². The van der Waals surface area contributed by atoms with Gasteiger partial charge in [0.2, 0.25) is 5.91 Å². The highest BCUT2D eigenvalue weighted by Crippen LogP contribution is 1.84. The Morgan fingerprint density at radius 1 is 1.38 bits per heavy atom. The fourth-order valence-corrected chi connectivity index (χ4v) is 1.54. The predicted octanol–water partition coefficient (Wildman–Crippen LogP) is -0.811. The van der Waals surface area contributed by atoms with Crippen LogP contribution in [0.5, 0.6) is 0 Å². The van der Waals surface area contributed by atoms with Crippen LogP contribution in [0.4, 0.5) is 4.79 Å². The van der Waals surface area contributed by atoms with E-state index in [2.05, 4.69) is 16.0 Å². The Hall–Kier alpha value is -0.950. The average Bonchev–Trinajstić information content (AvgIpc) is 2.28. The van der Waals surface area contributed by atoms with E-state index in [0.717, 1.165) is 0 Å². The summed E-state index contributed by atoms with van der Waals surface area (Å²) >= 11 is 0. The molecule has 0 heterocycles. The molecule has 3 N–H and O–H groups in total. The summed E-state index contributed by atoms with van der Waals surface area (Å²) in [6, 6.07) is -1.01. The lowest BCUT2D eigenvalue weighted by atomic mass is 10.3. The van der Waals surface area contributed by atoms with Crippen LogP contribution in [-0.4, -0.2) is 47.3 Å². The van der Waals surface area contributed by atoms with Gasteiger partial charge in [0.05, 0.1) is 6.04 Å². The van der Waals surface area contributed by atoms with Crippen molar-refractivity contribution in [2.24, 2.45) is 0 Å².